The van der Waals surface area contributed by atoms with Gasteiger partial charge in [0.1, 0.15) is 0 Å². The molecular weight excluding hydrogens is 415 g/mol. The molecule has 2 aliphatic heterocycles. The van der Waals surface area contributed by atoms with E-state index in [-0.39, 0.29) is 29.9 Å². The number of anilines is 1. The molecule has 1 amide bonds. The molecule has 0 saturated carbocycles. The molecule has 132 valence electrons. The van der Waals surface area contributed by atoms with E-state index in [9.17, 15) is 4.79 Å². The Bertz CT molecular complexity index is 579. The summed E-state index contributed by atoms with van der Waals surface area (Å²) in [5.74, 6) is 1.66. The number of halogens is 1. The minimum Gasteiger partial charge on any atom is -0.370 e. The summed E-state index contributed by atoms with van der Waals surface area (Å²) in [6, 6.07) is 8.09. The Morgan fingerprint density at radius 3 is 2.46 bits per heavy atom. The molecule has 0 spiro atoms. The fourth-order valence-electron chi connectivity index (χ4n) is 3.21. The van der Waals surface area contributed by atoms with Crippen molar-refractivity contribution >= 4 is 41.5 Å². The van der Waals surface area contributed by atoms with Crippen LogP contribution in [0.4, 0.5) is 5.69 Å². The number of aliphatic imine (C=N–C) groups is 1. The van der Waals surface area contributed by atoms with Crippen LogP contribution in [0.5, 0.6) is 0 Å². The van der Waals surface area contributed by atoms with Crippen LogP contribution in [0.15, 0.2) is 29.3 Å². The van der Waals surface area contributed by atoms with Gasteiger partial charge in [-0.05, 0) is 42.9 Å². The SMILES string of the molecule is CC1CCN(C(N)=NCc2ccc(N3CCCC3=O)cc2)CC1.I. The molecule has 2 fully saturated rings. The van der Waals surface area contributed by atoms with E-state index in [0.717, 1.165) is 43.2 Å². The summed E-state index contributed by atoms with van der Waals surface area (Å²) in [6.45, 7) is 5.72. The second-order valence-electron chi connectivity index (χ2n) is 6.66. The molecule has 1 aromatic carbocycles. The lowest BCUT2D eigenvalue weighted by atomic mass is 10.00. The Morgan fingerprint density at radius 1 is 1.21 bits per heavy atom. The highest BCUT2D eigenvalue weighted by Gasteiger charge is 2.21. The van der Waals surface area contributed by atoms with Gasteiger partial charge in [0.2, 0.25) is 5.91 Å². The highest BCUT2D eigenvalue weighted by Crippen LogP contribution is 2.22. The number of nitrogens with zero attached hydrogens (tertiary/aromatic N) is 3. The number of benzene rings is 1. The van der Waals surface area contributed by atoms with Gasteiger partial charge in [0.25, 0.3) is 0 Å². The molecule has 0 unspecified atom stereocenters. The molecule has 2 N–H and O–H groups in total. The summed E-state index contributed by atoms with van der Waals surface area (Å²) >= 11 is 0. The maximum absolute atomic E-state index is 11.8. The Labute approximate surface area is 161 Å². The minimum absolute atomic E-state index is 0. The monoisotopic (exact) mass is 442 g/mol. The van der Waals surface area contributed by atoms with E-state index in [0.29, 0.717) is 18.9 Å². The highest BCUT2D eigenvalue weighted by atomic mass is 127. The summed E-state index contributed by atoms with van der Waals surface area (Å²) in [5, 5.41) is 0. The lowest BCUT2D eigenvalue weighted by molar-refractivity contribution is -0.117. The number of carbonyl (C=O) groups is 1. The van der Waals surface area contributed by atoms with Crippen molar-refractivity contribution in [1.29, 1.82) is 0 Å². The molecule has 24 heavy (non-hydrogen) atoms. The summed E-state index contributed by atoms with van der Waals surface area (Å²) < 4.78 is 0. The zero-order chi connectivity index (χ0) is 16.2. The van der Waals surface area contributed by atoms with Crippen molar-refractivity contribution in [2.45, 2.75) is 39.2 Å². The zero-order valence-electron chi connectivity index (χ0n) is 14.3. The third-order valence-corrected chi connectivity index (χ3v) is 4.85. The van der Waals surface area contributed by atoms with E-state index in [4.69, 9.17) is 5.73 Å². The fourth-order valence-corrected chi connectivity index (χ4v) is 3.21. The first kappa shape index (κ1) is 19.0. The Kier molecular flexibility index (Phi) is 6.89. The van der Waals surface area contributed by atoms with Crippen LogP contribution in [-0.4, -0.2) is 36.4 Å². The second kappa shape index (κ2) is 8.69. The summed E-state index contributed by atoms with van der Waals surface area (Å²) in [4.78, 5) is 20.3. The van der Waals surface area contributed by atoms with Crippen molar-refractivity contribution in [3.05, 3.63) is 29.8 Å². The lowest BCUT2D eigenvalue weighted by Gasteiger charge is -2.31. The average molecular weight is 442 g/mol. The number of piperidine rings is 1. The largest absolute Gasteiger partial charge is 0.370 e. The normalized spacial score (nSPS) is 19.5. The maximum atomic E-state index is 11.8. The summed E-state index contributed by atoms with van der Waals surface area (Å²) in [7, 11) is 0. The van der Waals surface area contributed by atoms with Gasteiger partial charge in [0, 0.05) is 31.7 Å². The smallest absolute Gasteiger partial charge is 0.227 e. The number of carbonyl (C=O) groups excluding carboxylic acids is 1. The van der Waals surface area contributed by atoms with Crippen molar-refractivity contribution in [2.75, 3.05) is 24.5 Å². The number of amides is 1. The Morgan fingerprint density at radius 2 is 1.88 bits per heavy atom. The van der Waals surface area contributed by atoms with Gasteiger partial charge in [-0.15, -0.1) is 24.0 Å². The number of hydrogen-bond acceptors (Lipinski definition) is 2. The number of nitrogens with two attached hydrogens (primary N) is 1. The predicted octanol–water partition coefficient (Wildman–Crippen LogP) is 2.98. The first-order valence-electron chi connectivity index (χ1n) is 8.57. The molecule has 5 nitrogen and oxygen atoms in total. The van der Waals surface area contributed by atoms with Crippen LogP contribution in [0.2, 0.25) is 0 Å². The highest BCUT2D eigenvalue weighted by molar-refractivity contribution is 14.0. The van der Waals surface area contributed by atoms with E-state index >= 15 is 0 Å². The molecule has 0 atom stereocenters. The van der Waals surface area contributed by atoms with Crippen molar-refractivity contribution in [3.8, 4) is 0 Å². The van der Waals surface area contributed by atoms with Gasteiger partial charge in [-0.25, -0.2) is 4.99 Å². The van der Waals surface area contributed by atoms with Crippen LogP contribution in [0.25, 0.3) is 0 Å². The summed E-state index contributed by atoms with van der Waals surface area (Å²) in [5.41, 5.74) is 8.22. The van der Waals surface area contributed by atoms with Crippen LogP contribution in [0, 0.1) is 5.92 Å². The van der Waals surface area contributed by atoms with Crippen molar-refractivity contribution in [3.63, 3.8) is 0 Å². The maximum Gasteiger partial charge on any atom is 0.227 e. The standard InChI is InChI=1S/C18H26N4O.HI/c1-14-8-11-21(12-9-14)18(19)20-13-15-4-6-16(7-5-15)22-10-2-3-17(22)23;/h4-7,14H,2-3,8-13H2,1H3,(H2,19,20);1H. The predicted molar refractivity (Wildman–Crippen MR) is 109 cm³/mol. The molecule has 1 aromatic rings. The molecule has 0 aliphatic carbocycles. The van der Waals surface area contributed by atoms with E-state index in [1.165, 1.54) is 12.8 Å². The third kappa shape index (κ3) is 4.62. The van der Waals surface area contributed by atoms with Crippen molar-refractivity contribution in [2.24, 2.45) is 16.6 Å². The van der Waals surface area contributed by atoms with E-state index in [1.807, 2.05) is 29.2 Å². The molecule has 2 saturated heterocycles. The molecule has 2 heterocycles. The van der Waals surface area contributed by atoms with Gasteiger partial charge in [-0.2, -0.15) is 0 Å². The van der Waals surface area contributed by atoms with Crippen molar-refractivity contribution in [1.82, 2.24) is 4.90 Å². The van der Waals surface area contributed by atoms with Gasteiger partial charge < -0.3 is 15.5 Å². The third-order valence-electron chi connectivity index (χ3n) is 4.85. The first-order chi connectivity index (χ1) is 11.1. The van der Waals surface area contributed by atoms with Gasteiger partial charge in [-0.3, -0.25) is 4.79 Å². The van der Waals surface area contributed by atoms with Crippen LogP contribution in [0.3, 0.4) is 0 Å². The quantitative estimate of drug-likeness (QED) is 0.445. The number of hydrogen-bond donors (Lipinski definition) is 1. The number of likely N-dealkylation sites (tertiary alicyclic amines) is 1. The first-order valence-corrected chi connectivity index (χ1v) is 8.57. The zero-order valence-corrected chi connectivity index (χ0v) is 16.6. The Balaban J connectivity index is 0.00000208. The Hall–Kier alpha value is -1.31. The molecular formula is C18H27IN4O. The van der Waals surface area contributed by atoms with Gasteiger partial charge in [0.15, 0.2) is 5.96 Å². The molecule has 3 rings (SSSR count). The van der Waals surface area contributed by atoms with Gasteiger partial charge in [0.05, 0.1) is 6.54 Å². The van der Waals surface area contributed by atoms with Crippen LogP contribution in [0.1, 0.15) is 38.2 Å². The topological polar surface area (TPSA) is 61.9 Å². The average Bonchev–Trinajstić information content (AvgIpc) is 3.00. The number of guanidine groups is 1. The van der Waals surface area contributed by atoms with Crippen LogP contribution >= 0.6 is 24.0 Å². The second-order valence-corrected chi connectivity index (χ2v) is 6.66. The van der Waals surface area contributed by atoms with E-state index in [1.54, 1.807) is 0 Å². The fraction of sp³-hybridized carbons (Fsp3) is 0.556. The van der Waals surface area contributed by atoms with Crippen LogP contribution in [-0.2, 0) is 11.3 Å². The molecule has 6 heteroatoms. The van der Waals surface area contributed by atoms with E-state index < -0.39 is 0 Å². The summed E-state index contributed by atoms with van der Waals surface area (Å²) in [6.07, 6.45) is 4.00. The molecule has 0 radical (unpaired) electrons. The molecule has 0 aromatic heterocycles. The van der Waals surface area contributed by atoms with Gasteiger partial charge >= 0.3 is 0 Å². The van der Waals surface area contributed by atoms with E-state index in [2.05, 4.69) is 16.8 Å². The molecule has 2 aliphatic rings. The number of rotatable bonds is 3. The lowest BCUT2D eigenvalue weighted by Crippen LogP contribution is -2.42. The van der Waals surface area contributed by atoms with Crippen LogP contribution < -0.4 is 10.6 Å². The molecule has 0 bridgehead atoms. The minimum atomic E-state index is 0. The van der Waals surface area contributed by atoms with Gasteiger partial charge in [-0.1, -0.05) is 19.1 Å². The van der Waals surface area contributed by atoms with Crippen molar-refractivity contribution < 1.29 is 4.79 Å².